The summed E-state index contributed by atoms with van der Waals surface area (Å²) < 4.78 is 8.39. The Hall–Kier alpha value is -1.08. The van der Waals surface area contributed by atoms with Crippen LogP contribution in [0.4, 0.5) is 5.69 Å². The zero-order valence-electron chi connectivity index (χ0n) is 18.1. The van der Waals surface area contributed by atoms with Crippen molar-refractivity contribution >= 4 is 28.1 Å². The molecule has 1 rings (SSSR count). The first-order valence-electron chi connectivity index (χ1n) is 9.10. The topological polar surface area (TPSA) is 29.5 Å². The number of rotatable bonds is 4. The van der Waals surface area contributed by atoms with Gasteiger partial charge in [-0.05, 0) is 47.4 Å². The van der Waals surface area contributed by atoms with Crippen LogP contribution in [-0.4, -0.2) is 22.5 Å². The van der Waals surface area contributed by atoms with Gasteiger partial charge in [-0.2, -0.15) is 0 Å². The van der Waals surface area contributed by atoms with Gasteiger partial charge in [0, 0.05) is 12.6 Å². The third-order valence-corrected chi connectivity index (χ3v) is 15.7. The van der Waals surface area contributed by atoms with E-state index in [1.165, 1.54) is 0 Å². The lowest BCUT2D eigenvalue weighted by atomic mass is 10.2. The van der Waals surface area contributed by atoms with Crippen molar-refractivity contribution < 1.29 is 9.22 Å². The molecule has 1 aromatic carbocycles. The van der Waals surface area contributed by atoms with Crippen LogP contribution >= 0.6 is 0 Å². The molecule has 0 bridgehead atoms. The molecule has 0 saturated carbocycles. The molecule has 0 aliphatic rings. The highest BCUT2D eigenvalue weighted by Crippen LogP contribution is 2.41. The summed E-state index contributed by atoms with van der Waals surface area (Å²) in [4.78, 5) is 12.4. The van der Waals surface area contributed by atoms with Crippen LogP contribution in [0.15, 0.2) is 24.3 Å². The van der Waals surface area contributed by atoms with Gasteiger partial charge in [-0.25, -0.2) is 0 Å². The minimum absolute atomic E-state index is 0.0922. The minimum Gasteiger partial charge on any atom is -0.544 e. The van der Waals surface area contributed by atoms with E-state index >= 15 is 0 Å². The molecule has 0 N–H and O–H groups in total. The minimum atomic E-state index is -1.98. The molecule has 0 fully saturated rings. The Labute approximate surface area is 157 Å². The van der Waals surface area contributed by atoms with Gasteiger partial charge >= 0.3 is 0 Å². The summed E-state index contributed by atoms with van der Waals surface area (Å²) in [6.07, 6.45) is 0. The molecule has 0 aliphatic carbocycles. The second-order valence-electron chi connectivity index (χ2n) is 10.0. The molecule has 1 amide bonds. The van der Waals surface area contributed by atoms with Crippen molar-refractivity contribution in [3.63, 3.8) is 0 Å². The predicted molar refractivity (Wildman–Crippen MR) is 115 cm³/mol. The summed E-state index contributed by atoms with van der Waals surface area (Å²) in [5.74, 6) is 1.01. The first-order valence-corrected chi connectivity index (χ1v) is 15.0. The Morgan fingerprint density at radius 1 is 0.880 bits per heavy atom. The average Bonchev–Trinajstić information content (AvgIpc) is 2.37. The van der Waals surface area contributed by atoms with Crippen molar-refractivity contribution in [1.29, 1.82) is 0 Å². The molecule has 3 nitrogen and oxygen atoms in total. The standard InChI is InChI=1S/C20H37NO2Si2/c1-16(22)21(24(8,9)19(2,3)4)17-12-14-18(15-13-17)23-25(10,11)20(5,6)7/h12-15H,1-11H3. The van der Waals surface area contributed by atoms with Gasteiger partial charge in [0.25, 0.3) is 0 Å². The Bertz CT molecular complexity index is 608. The van der Waals surface area contributed by atoms with Crippen LogP contribution < -0.4 is 8.99 Å². The van der Waals surface area contributed by atoms with Crippen molar-refractivity contribution in [2.24, 2.45) is 0 Å². The van der Waals surface area contributed by atoms with Gasteiger partial charge in [0.2, 0.25) is 14.2 Å². The quantitative estimate of drug-likeness (QED) is 0.564. The van der Waals surface area contributed by atoms with E-state index in [0.29, 0.717) is 0 Å². The van der Waals surface area contributed by atoms with Crippen LogP contribution in [0.2, 0.25) is 36.3 Å². The van der Waals surface area contributed by atoms with E-state index in [1.807, 2.05) is 28.8 Å². The fraction of sp³-hybridized carbons (Fsp3) is 0.650. The Balaban J connectivity index is 3.18. The summed E-state index contributed by atoms with van der Waals surface area (Å²) in [5, 5.41) is 0.257. The van der Waals surface area contributed by atoms with E-state index < -0.39 is 16.6 Å². The maximum Gasteiger partial charge on any atom is 0.250 e. The fourth-order valence-electron chi connectivity index (χ4n) is 2.34. The van der Waals surface area contributed by atoms with Gasteiger partial charge in [-0.15, -0.1) is 0 Å². The molecule has 142 valence electrons. The molecule has 0 radical (unpaired) electrons. The van der Waals surface area contributed by atoms with Crippen molar-refractivity contribution in [3.05, 3.63) is 24.3 Å². The van der Waals surface area contributed by atoms with Crippen LogP contribution in [0, 0.1) is 0 Å². The van der Waals surface area contributed by atoms with Crippen molar-refractivity contribution in [1.82, 2.24) is 0 Å². The second kappa shape index (κ2) is 6.91. The number of carbonyl (C=O) groups excluding carboxylic acids is 1. The Morgan fingerprint density at radius 2 is 1.32 bits per heavy atom. The van der Waals surface area contributed by atoms with Crippen molar-refractivity contribution in [2.45, 2.75) is 84.7 Å². The summed E-state index contributed by atoms with van der Waals surface area (Å²) in [5.41, 5.74) is 0.974. The molecule has 0 heterocycles. The number of nitrogens with zero attached hydrogens (tertiary/aromatic N) is 1. The molecular formula is C20H37NO2Si2. The highest BCUT2D eigenvalue weighted by atomic mass is 28.4. The molecule has 0 aliphatic heterocycles. The van der Waals surface area contributed by atoms with Crippen LogP contribution in [0.3, 0.4) is 0 Å². The summed E-state index contributed by atoms with van der Waals surface area (Å²) in [7, 11) is -3.83. The summed E-state index contributed by atoms with van der Waals surface area (Å²) in [6, 6.07) is 8.09. The van der Waals surface area contributed by atoms with Crippen LogP contribution in [0.25, 0.3) is 0 Å². The third-order valence-electron chi connectivity index (χ3n) is 5.98. The first-order chi connectivity index (χ1) is 11.0. The predicted octanol–water partition coefficient (Wildman–Crippen LogP) is 6.43. The maximum absolute atomic E-state index is 12.4. The van der Waals surface area contributed by atoms with Gasteiger partial charge in [-0.3, -0.25) is 4.79 Å². The van der Waals surface area contributed by atoms with E-state index in [2.05, 4.69) is 67.7 Å². The average molecular weight is 380 g/mol. The summed E-state index contributed by atoms with van der Waals surface area (Å²) in [6.45, 7) is 24.1. The number of benzene rings is 1. The monoisotopic (exact) mass is 379 g/mol. The molecule has 0 unspecified atom stereocenters. The summed E-state index contributed by atoms with van der Waals surface area (Å²) >= 11 is 0. The number of hydrogen-bond acceptors (Lipinski definition) is 2. The number of hydrogen-bond donors (Lipinski definition) is 0. The van der Waals surface area contributed by atoms with Gasteiger partial charge < -0.3 is 8.99 Å². The SMILES string of the molecule is CC(=O)N(c1ccc(O[Si](C)(C)C(C)(C)C)cc1)[Si](C)(C)C(C)(C)C. The van der Waals surface area contributed by atoms with Crippen LogP contribution in [0.1, 0.15) is 48.5 Å². The van der Waals surface area contributed by atoms with Crippen LogP contribution in [-0.2, 0) is 4.79 Å². The lowest BCUT2D eigenvalue weighted by Crippen LogP contribution is -2.57. The van der Waals surface area contributed by atoms with Crippen LogP contribution in [0.5, 0.6) is 5.75 Å². The fourth-order valence-corrected chi connectivity index (χ4v) is 5.63. The molecule has 1 aromatic rings. The first kappa shape index (κ1) is 22.0. The van der Waals surface area contributed by atoms with Gasteiger partial charge in [-0.1, -0.05) is 54.6 Å². The molecule has 0 saturated heterocycles. The van der Waals surface area contributed by atoms with Gasteiger partial charge in [0.15, 0.2) is 8.24 Å². The molecule has 0 aromatic heterocycles. The number of carbonyl (C=O) groups is 1. The van der Waals surface area contributed by atoms with E-state index in [-0.39, 0.29) is 16.0 Å². The van der Waals surface area contributed by atoms with Crippen molar-refractivity contribution in [3.8, 4) is 5.75 Å². The highest BCUT2D eigenvalue weighted by molar-refractivity contribution is 6.86. The van der Waals surface area contributed by atoms with E-state index in [9.17, 15) is 4.79 Å². The van der Waals surface area contributed by atoms with E-state index in [4.69, 9.17) is 4.43 Å². The molecule has 5 heteroatoms. The number of amides is 1. The molecular weight excluding hydrogens is 342 g/mol. The third kappa shape index (κ3) is 4.76. The van der Waals surface area contributed by atoms with Gasteiger partial charge in [0.05, 0.1) is 0 Å². The van der Waals surface area contributed by atoms with E-state index in [1.54, 1.807) is 6.92 Å². The lowest BCUT2D eigenvalue weighted by molar-refractivity contribution is -0.115. The van der Waals surface area contributed by atoms with Crippen molar-refractivity contribution in [2.75, 3.05) is 4.57 Å². The maximum atomic E-state index is 12.4. The molecule has 25 heavy (non-hydrogen) atoms. The Morgan fingerprint density at radius 3 is 1.64 bits per heavy atom. The van der Waals surface area contributed by atoms with E-state index in [0.717, 1.165) is 11.4 Å². The molecule has 0 spiro atoms. The zero-order valence-corrected chi connectivity index (χ0v) is 20.1. The van der Waals surface area contributed by atoms with Gasteiger partial charge in [0.1, 0.15) is 5.75 Å². The lowest BCUT2D eigenvalue weighted by Gasteiger charge is -2.45. The largest absolute Gasteiger partial charge is 0.544 e. The zero-order chi connectivity index (χ0) is 19.8. The highest BCUT2D eigenvalue weighted by Gasteiger charge is 2.43. The number of anilines is 1. The normalized spacial score (nSPS) is 13.6. The Kier molecular flexibility index (Phi) is 6.07. The second-order valence-corrected chi connectivity index (χ2v) is 19.8. The molecule has 0 atom stereocenters. The smallest absolute Gasteiger partial charge is 0.250 e.